The maximum absolute atomic E-state index is 13.4. The lowest BCUT2D eigenvalue weighted by molar-refractivity contribution is -0.259. The molecule has 3 unspecified atom stereocenters. The van der Waals surface area contributed by atoms with Gasteiger partial charge in [0, 0.05) is 12.3 Å². The van der Waals surface area contributed by atoms with Crippen molar-refractivity contribution < 1.29 is 14.3 Å². The summed E-state index contributed by atoms with van der Waals surface area (Å²) in [4.78, 5) is 26.2. The van der Waals surface area contributed by atoms with Crippen LogP contribution in [0.15, 0.2) is 0 Å². The van der Waals surface area contributed by atoms with Gasteiger partial charge in [0.25, 0.3) is 0 Å². The minimum absolute atomic E-state index is 0.0699. The molecule has 5 fully saturated rings. The second-order valence-corrected chi connectivity index (χ2v) is 15.3. The van der Waals surface area contributed by atoms with Crippen LogP contribution in [0.2, 0.25) is 0 Å². The normalized spacial score (nSPS) is 54.2. The molecule has 34 heavy (non-hydrogen) atoms. The zero-order valence-electron chi connectivity index (χ0n) is 23.3. The van der Waals surface area contributed by atoms with Crippen molar-refractivity contribution in [2.75, 3.05) is 7.11 Å². The first-order valence-electron chi connectivity index (χ1n) is 14.3. The minimum atomic E-state index is -0.290. The summed E-state index contributed by atoms with van der Waals surface area (Å²) in [6.45, 7) is 17.3. The number of rotatable bonds is 1. The minimum Gasteiger partial charge on any atom is -0.469 e. The molecule has 192 valence electrons. The van der Waals surface area contributed by atoms with Crippen molar-refractivity contribution >= 4 is 11.8 Å². The molecule has 9 atom stereocenters. The van der Waals surface area contributed by atoms with Crippen molar-refractivity contribution in [3.63, 3.8) is 0 Å². The standard InChI is InChI=1S/C31H50O3/c1-20-21(32)9-10-22-27(20,4)12-11-23-28(22,5)14-15-30(7)24-19-26(2,3)13-17-31(24,25(33)34-8)18-16-29(23,30)6/h20,22-24H,9-19H2,1-8H3/t20-,22?,23?,24?,27+,28-,29+,30-,31-/m0/s1. The summed E-state index contributed by atoms with van der Waals surface area (Å²) in [5.41, 5.74) is 0.843. The molecule has 0 aliphatic heterocycles. The van der Waals surface area contributed by atoms with Crippen molar-refractivity contribution in [1.82, 2.24) is 0 Å². The van der Waals surface area contributed by atoms with Crippen LogP contribution in [0.5, 0.6) is 0 Å². The number of carbonyl (C=O) groups is 2. The summed E-state index contributed by atoms with van der Waals surface area (Å²) in [7, 11) is 1.61. The molecule has 0 aromatic rings. The molecule has 0 aromatic heterocycles. The van der Waals surface area contributed by atoms with Gasteiger partial charge in [0.05, 0.1) is 12.5 Å². The van der Waals surface area contributed by atoms with Crippen LogP contribution in [0, 0.1) is 56.2 Å². The summed E-state index contributed by atoms with van der Waals surface area (Å²) < 4.78 is 5.54. The Hall–Kier alpha value is -0.860. The second kappa shape index (κ2) is 7.34. The van der Waals surface area contributed by atoms with Crippen LogP contribution in [0.3, 0.4) is 0 Å². The first kappa shape index (κ1) is 24.8. The highest BCUT2D eigenvalue weighted by atomic mass is 16.5. The van der Waals surface area contributed by atoms with Crippen molar-refractivity contribution in [2.24, 2.45) is 56.2 Å². The molecule has 0 bridgehead atoms. The van der Waals surface area contributed by atoms with Gasteiger partial charge in [0.2, 0.25) is 0 Å². The third-order valence-corrected chi connectivity index (χ3v) is 13.9. The number of hydrogen-bond donors (Lipinski definition) is 0. The first-order chi connectivity index (χ1) is 15.7. The molecule has 0 amide bonds. The average molecular weight is 471 g/mol. The van der Waals surface area contributed by atoms with E-state index in [0.29, 0.717) is 29.0 Å². The summed E-state index contributed by atoms with van der Waals surface area (Å²) >= 11 is 0. The van der Waals surface area contributed by atoms with Crippen LogP contribution >= 0.6 is 0 Å². The molecule has 5 saturated carbocycles. The maximum atomic E-state index is 13.4. The van der Waals surface area contributed by atoms with Gasteiger partial charge in [-0.05, 0) is 109 Å². The molecule has 5 rings (SSSR count). The fourth-order valence-corrected chi connectivity index (χ4v) is 11.4. The SMILES string of the molecule is COC(=O)[C@]12CCC(C)(C)CC1[C@]1(C)CC[C@@]3(C)C4CCC(=O)[C@H](C)[C@@]4(C)CCC3[C@@]1(C)CC2. The number of fused-ring (bicyclic) bond motifs is 7. The Kier molecular flexibility index (Phi) is 5.36. The Morgan fingerprint density at radius 2 is 1.38 bits per heavy atom. The second-order valence-electron chi connectivity index (χ2n) is 15.3. The molecule has 0 N–H and O–H groups in total. The van der Waals surface area contributed by atoms with E-state index < -0.39 is 0 Å². The Labute approximate surface area is 208 Å². The van der Waals surface area contributed by atoms with Gasteiger partial charge in [0.1, 0.15) is 5.78 Å². The van der Waals surface area contributed by atoms with E-state index >= 15 is 0 Å². The number of hydrogen-bond acceptors (Lipinski definition) is 3. The summed E-state index contributed by atoms with van der Waals surface area (Å²) in [5.74, 6) is 2.49. The maximum Gasteiger partial charge on any atom is 0.312 e. The van der Waals surface area contributed by atoms with E-state index in [1.54, 1.807) is 7.11 Å². The number of ketones is 1. The number of Topliss-reactive ketones (excluding diaryl/α,β-unsaturated/α-hetero) is 1. The number of esters is 1. The smallest absolute Gasteiger partial charge is 0.312 e. The van der Waals surface area contributed by atoms with Crippen LogP contribution < -0.4 is 0 Å². The summed E-state index contributed by atoms with van der Waals surface area (Å²) in [5, 5.41) is 0. The van der Waals surface area contributed by atoms with Gasteiger partial charge in [0.15, 0.2) is 0 Å². The van der Waals surface area contributed by atoms with Gasteiger partial charge >= 0.3 is 5.97 Å². The highest BCUT2D eigenvalue weighted by molar-refractivity contribution is 5.82. The van der Waals surface area contributed by atoms with Crippen molar-refractivity contribution in [2.45, 2.75) is 119 Å². The molecular weight excluding hydrogens is 420 g/mol. The molecule has 5 aliphatic rings. The lowest BCUT2D eigenvalue weighted by Gasteiger charge is -2.74. The van der Waals surface area contributed by atoms with E-state index in [1.807, 2.05) is 0 Å². The Balaban J connectivity index is 1.57. The topological polar surface area (TPSA) is 43.4 Å². The number of carbonyl (C=O) groups excluding carboxylic acids is 2. The molecule has 0 heterocycles. The molecule has 0 radical (unpaired) electrons. The van der Waals surface area contributed by atoms with Gasteiger partial charge in [-0.15, -0.1) is 0 Å². The fraction of sp³-hybridized carbons (Fsp3) is 0.935. The van der Waals surface area contributed by atoms with E-state index in [2.05, 4.69) is 48.5 Å². The van der Waals surface area contributed by atoms with Gasteiger partial charge < -0.3 is 4.74 Å². The van der Waals surface area contributed by atoms with E-state index in [0.717, 1.165) is 44.9 Å². The predicted molar refractivity (Wildman–Crippen MR) is 136 cm³/mol. The van der Waals surface area contributed by atoms with Crippen molar-refractivity contribution in [3.05, 3.63) is 0 Å². The number of ether oxygens (including phenoxy) is 1. The highest BCUT2D eigenvalue weighted by Crippen LogP contribution is 2.78. The van der Waals surface area contributed by atoms with E-state index in [4.69, 9.17) is 4.74 Å². The lowest BCUT2D eigenvalue weighted by atomic mass is 9.30. The van der Waals surface area contributed by atoms with Gasteiger partial charge in [-0.3, -0.25) is 9.59 Å². The van der Waals surface area contributed by atoms with Crippen molar-refractivity contribution in [3.8, 4) is 0 Å². The van der Waals surface area contributed by atoms with Crippen LogP contribution in [0.1, 0.15) is 119 Å². The fourth-order valence-electron chi connectivity index (χ4n) is 11.4. The monoisotopic (exact) mass is 470 g/mol. The van der Waals surface area contributed by atoms with Gasteiger partial charge in [-0.25, -0.2) is 0 Å². The van der Waals surface area contributed by atoms with Crippen LogP contribution in [0.25, 0.3) is 0 Å². The molecule has 3 nitrogen and oxygen atoms in total. The first-order valence-corrected chi connectivity index (χ1v) is 14.3. The zero-order valence-corrected chi connectivity index (χ0v) is 23.3. The summed E-state index contributed by atoms with van der Waals surface area (Å²) in [6.07, 6.45) is 12.2. The molecular formula is C31H50O3. The average Bonchev–Trinajstić information content (AvgIpc) is 2.78. The molecule has 0 saturated heterocycles. The van der Waals surface area contributed by atoms with Crippen LogP contribution in [-0.4, -0.2) is 18.9 Å². The Morgan fingerprint density at radius 3 is 2.06 bits per heavy atom. The number of methoxy groups -OCH3 is 1. The van der Waals surface area contributed by atoms with E-state index in [1.165, 1.54) is 25.7 Å². The Bertz CT molecular complexity index is 891. The summed E-state index contributed by atoms with van der Waals surface area (Å²) in [6, 6.07) is 0. The lowest BCUT2D eigenvalue weighted by Crippen LogP contribution is -2.69. The Morgan fingerprint density at radius 1 is 0.765 bits per heavy atom. The van der Waals surface area contributed by atoms with Gasteiger partial charge in [-0.2, -0.15) is 0 Å². The zero-order chi connectivity index (χ0) is 24.9. The van der Waals surface area contributed by atoms with E-state index in [9.17, 15) is 9.59 Å². The largest absolute Gasteiger partial charge is 0.469 e. The molecule has 5 aliphatic carbocycles. The highest BCUT2D eigenvalue weighted by Gasteiger charge is 2.72. The van der Waals surface area contributed by atoms with Crippen LogP contribution in [0.4, 0.5) is 0 Å². The van der Waals surface area contributed by atoms with Crippen LogP contribution in [-0.2, 0) is 14.3 Å². The third kappa shape index (κ3) is 2.88. The van der Waals surface area contributed by atoms with Crippen molar-refractivity contribution in [1.29, 1.82) is 0 Å². The quantitative estimate of drug-likeness (QED) is 0.370. The predicted octanol–water partition coefficient (Wildman–Crippen LogP) is 7.61. The third-order valence-electron chi connectivity index (χ3n) is 13.9. The van der Waals surface area contributed by atoms with E-state index in [-0.39, 0.29) is 39.0 Å². The van der Waals surface area contributed by atoms with Gasteiger partial charge in [-0.1, -0.05) is 48.5 Å². The molecule has 0 aromatic carbocycles. The molecule has 0 spiro atoms. The molecule has 3 heteroatoms.